The number of amides is 1. The van der Waals surface area contributed by atoms with E-state index in [9.17, 15) is 22.2 Å². The minimum atomic E-state index is -4.81. The molecule has 3 unspecified atom stereocenters. The molecule has 0 aliphatic carbocycles. The lowest BCUT2D eigenvalue weighted by Crippen LogP contribution is -2.61. The normalized spacial score (nSPS) is 19.7. The van der Waals surface area contributed by atoms with Gasteiger partial charge in [0.05, 0.1) is 0 Å². The van der Waals surface area contributed by atoms with Crippen LogP contribution >= 0.6 is 0 Å². The minimum Gasteiger partial charge on any atom is -0.353 e. The average Bonchev–Trinajstić information content (AvgIpc) is 2.11. The third-order valence-corrected chi connectivity index (χ3v) is 3.48. The number of nitrogens with two attached hydrogens (primary N) is 1. The van der Waals surface area contributed by atoms with Crippen LogP contribution in [0.1, 0.15) is 13.8 Å². The Kier molecular flexibility index (Phi) is 4.93. The zero-order valence-electron chi connectivity index (χ0n) is 9.22. The molecular weight excluding hydrogens is 245 g/mol. The van der Waals surface area contributed by atoms with Crippen LogP contribution in [0.25, 0.3) is 0 Å². The average molecular weight is 260 g/mol. The van der Waals surface area contributed by atoms with Gasteiger partial charge in [-0.1, -0.05) is 0 Å². The van der Waals surface area contributed by atoms with Crippen molar-refractivity contribution >= 4 is 16.7 Å². The lowest BCUT2D eigenvalue weighted by Gasteiger charge is -2.26. The molecule has 96 valence electrons. The lowest BCUT2D eigenvalue weighted by atomic mass is 10.0. The Balaban J connectivity index is 4.44. The quantitative estimate of drug-likeness (QED) is 0.755. The largest absolute Gasteiger partial charge is 0.415 e. The van der Waals surface area contributed by atoms with Gasteiger partial charge < -0.3 is 11.1 Å². The first-order chi connectivity index (χ1) is 7.00. The molecule has 0 fully saturated rings. The summed E-state index contributed by atoms with van der Waals surface area (Å²) >= 11 is 0. The highest BCUT2D eigenvalue weighted by Gasteiger charge is 2.53. The van der Waals surface area contributed by atoms with Gasteiger partial charge in [-0.05, 0) is 13.8 Å². The van der Waals surface area contributed by atoms with Crippen LogP contribution in [-0.4, -0.2) is 39.9 Å². The molecule has 0 bridgehead atoms. The molecule has 0 rings (SSSR count). The van der Waals surface area contributed by atoms with E-state index in [2.05, 4.69) is 0 Å². The van der Waals surface area contributed by atoms with E-state index in [4.69, 9.17) is 5.73 Å². The standard InChI is InChI=1S/C8H15F3N2O2S/c1-5(16(3)15)4-13-6(14)7(2,12)8(9,10)11/h5H,4,12H2,1-3H3,(H,13,14). The van der Waals surface area contributed by atoms with Gasteiger partial charge in [0.25, 0.3) is 0 Å². The Labute approximate surface area is 94.2 Å². The first-order valence-electron chi connectivity index (χ1n) is 4.46. The van der Waals surface area contributed by atoms with E-state index < -0.39 is 33.7 Å². The van der Waals surface area contributed by atoms with Crippen LogP contribution in [0.4, 0.5) is 13.2 Å². The minimum absolute atomic E-state index is 0.106. The Hall–Kier alpha value is -0.630. The smallest absolute Gasteiger partial charge is 0.353 e. The van der Waals surface area contributed by atoms with Crippen LogP contribution in [-0.2, 0) is 15.6 Å². The van der Waals surface area contributed by atoms with Crippen molar-refractivity contribution in [2.45, 2.75) is 30.8 Å². The monoisotopic (exact) mass is 260 g/mol. The summed E-state index contributed by atoms with van der Waals surface area (Å²) in [6.07, 6.45) is -3.41. The van der Waals surface area contributed by atoms with Gasteiger partial charge in [0.15, 0.2) is 5.54 Å². The van der Waals surface area contributed by atoms with Gasteiger partial charge in [0, 0.05) is 28.9 Å². The molecule has 0 aromatic rings. The highest BCUT2D eigenvalue weighted by atomic mass is 32.2. The van der Waals surface area contributed by atoms with Gasteiger partial charge in [0.1, 0.15) is 0 Å². The summed E-state index contributed by atoms with van der Waals surface area (Å²) in [6.45, 7) is 2.04. The predicted octanol–water partition coefficient (Wildman–Crippen LogP) is 0.149. The fraction of sp³-hybridized carbons (Fsp3) is 0.875. The Bertz CT molecular complexity index is 291. The second-order valence-corrected chi connectivity index (χ2v) is 5.52. The van der Waals surface area contributed by atoms with E-state index >= 15 is 0 Å². The van der Waals surface area contributed by atoms with Crippen molar-refractivity contribution in [3.05, 3.63) is 0 Å². The summed E-state index contributed by atoms with van der Waals surface area (Å²) in [6, 6.07) is 0. The molecule has 0 aliphatic rings. The molecule has 0 saturated heterocycles. The Morgan fingerprint density at radius 3 is 2.25 bits per heavy atom. The third-order valence-electron chi connectivity index (χ3n) is 2.18. The van der Waals surface area contributed by atoms with Crippen molar-refractivity contribution in [2.75, 3.05) is 12.8 Å². The second-order valence-electron chi connectivity index (χ2n) is 3.72. The molecule has 16 heavy (non-hydrogen) atoms. The van der Waals surface area contributed by atoms with Crippen LogP contribution in [0.3, 0.4) is 0 Å². The number of carbonyl (C=O) groups is 1. The molecule has 3 atom stereocenters. The van der Waals surface area contributed by atoms with E-state index in [1.54, 1.807) is 6.92 Å². The lowest BCUT2D eigenvalue weighted by molar-refractivity contribution is -0.187. The summed E-state index contributed by atoms with van der Waals surface area (Å²) in [5.41, 5.74) is 1.96. The van der Waals surface area contributed by atoms with Crippen LogP contribution in [0.2, 0.25) is 0 Å². The maximum Gasteiger partial charge on any atom is 0.415 e. The molecule has 8 heteroatoms. The summed E-state index contributed by atoms with van der Waals surface area (Å²) in [5.74, 6) is -1.32. The van der Waals surface area contributed by atoms with Crippen LogP contribution in [0.5, 0.6) is 0 Å². The predicted molar refractivity (Wildman–Crippen MR) is 55.2 cm³/mol. The van der Waals surface area contributed by atoms with E-state index in [1.165, 1.54) is 6.26 Å². The fourth-order valence-corrected chi connectivity index (χ4v) is 0.984. The summed E-state index contributed by atoms with van der Waals surface area (Å²) < 4.78 is 47.9. The molecule has 3 N–H and O–H groups in total. The molecule has 1 amide bonds. The van der Waals surface area contributed by atoms with Crippen molar-refractivity contribution in [3.8, 4) is 0 Å². The van der Waals surface area contributed by atoms with Gasteiger partial charge in [0.2, 0.25) is 5.91 Å². The summed E-state index contributed by atoms with van der Waals surface area (Å²) in [7, 11) is -1.21. The SMILES string of the molecule is CC(CNC(=O)C(C)(N)C(F)(F)F)S(C)=O. The molecule has 0 spiro atoms. The van der Waals surface area contributed by atoms with Gasteiger partial charge in [-0.15, -0.1) is 0 Å². The number of hydrogen-bond donors (Lipinski definition) is 2. The van der Waals surface area contributed by atoms with Gasteiger partial charge in [-0.2, -0.15) is 13.2 Å². The van der Waals surface area contributed by atoms with Gasteiger partial charge in [-0.3, -0.25) is 9.00 Å². The molecule has 0 heterocycles. The molecule has 0 saturated carbocycles. The van der Waals surface area contributed by atoms with Crippen molar-refractivity contribution in [1.82, 2.24) is 5.32 Å². The molecule has 0 aromatic heterocycles. The Morgan fingerprint density at radius 1 is 1.50 bits per heavy atom. The number of nitrogens with one attached hydrogen (secondary N) is 1. The van der Waals surface area contributed by atoms with Crippen LogP contribution in [0.15, 0.2) is 0 Å². The van der Waals surface area contributed by atoms with Crippen molar-refractivity contribution in [3.63, 3.8) is 0 Å². The topological polar surface area (TPSA) is 72.2 Å². The van der Waals surface area contributed by atoms with Gasteiger partial charge in [-0.25, -0.2) is 0 Å². The Morgan fingerprint density at radius 2 is 1.94 bits per heavy atom. The first kappa shape index (κ1) is 15.4. The van der Waals surface area contributed by atoms with Crippen molar-refractivity contribution in [1.29, 1.82) is 0 Å². The number of alkyl halides is 3. The first-order valence-corrected chi connectivity index (χ1v) is 6.08. The van der Waals surface area contributed by atoms with E-state index in [0.717, 1.165) is 0 Å². The molecule has 0 aliphatic heterocycles. The molecule has 0 radical (unpaired) electrons. The molecule has 4 nitrogen and oxygen atoms in total. The van der Waals surface area contributed by atoms with E-state index in [-0.39, 0.29) is 6.54 Å². The zero-order valence-corrected chi connectivity index (χ0v) is 10.0. The summed E-state index contributed by atoms with van der Waals surface area (Å²) in [5, 5.41) is 1.61. The highest BCUT2D eigenvalue weighted by Crippen LogP contribution is 2.27. The van der Waals surface area contributed by atoms with E-state index in [1.807, 2.05) is 5.32 Å². The van der Waals surface area contributed by atoms with Crippen molar-refractivity contribution in [2.24, 2.45) is 5.73 Å². The van der Waals surface area contributed by atoms with Crippen LogP contribution < -0.4 is 11.1 Å². The number of rotatable bonds is 4. The van der Waals surface area contributed by atoms with Crippen LogP contribution in [0, 0.1) is 0 Å². The number of hydrogen-bond acceptors (Lipinski definition) is 3. The third kappa shape index (κ3) is 3.75. The molecular formula is C8H15F3N2O2S. The number of halogens is 3. The fourth-order valence-electron chi connectivity index (χ4n) is 0.666. The maximum absolute atomic E-state index is 12.3. The molecule has 0 aromatic carbocycles. The van der Waals surface area contributed by atoms with Crippen molar-refractivity contribution < 1.29 is 22.2 Å². The highest BCUT2D eigenvalue weighted by molar-refractivity contribution is 7.84. The second kappa shape index (κ2) is 5.13. The zero-order chi connectivity index (χ0) is 13.1. The van der Waals surface area contributed by atoms with Gasteiger partial charge >= 0.3 is 6.18 Å². The number of carbonyl (C=O) groups excluding carboxylic acids is 1. The maximum atomic E-state index is 12.3. The summed E-state index contributed by atoms with van der Waals surface area (Å²) in [4.78, 5) is 11.2. The van der Waals surface area contributed by atoms with E-state index in [0.29, 0.717) is 6.92 Å².